The standard InChI is InChI=1S/C16H21F2NO4/c17-13-2-1-12(9-14(13)18)15-10-19(6-8-23-15)5-3-11(4-7-20)16(21)22/h1-2,9,11,15,20H,3-8,10H2,(H,21,22). The van der Waals surface area contributed by atoms with Gasteiger partial charge in [-0.05, 0) is 37.1 Å². The van der Waals surface area contributed by atoms with Gasteiger partial charge in [-0.1, -0.05) is 6.07 Å². The van der Waals surface area contributed by atoms with E-state index in [9.17, 15) is 13.6 Å². The molecule has 7 heteroatoms. The van der Waals surface area contributed by atoms with Crippen LogP contribution in [0.15, 0.2) is 18.2 Å². The SMILES string of the molecule is O=C(O)C(CCO)CCN1CCOC(c2ccc(F)c(F)c2)C1. The summed E-state index contributed by atoms with van der Waals surface area (Å²) in [5.41, 5.74) is 0.568. The van der Waals surface area contributed by atoms with E-state index < -0.39 is 23.5 Å². The lowest BCUT2D eigenvalue weighted by molar-refractivity contribution is -0.142. The molecule has 1 aliphatic rings. The van der Waals surface area contributed by atoms with Crippen molar-refractivity contribution in [1.29, 1.82) is 0 Å². The van der Waals surface area contributed by atoms with Gasteiger partial charge in [0.05, 0.1) is 18.6 Å². The third-order valence-electron chi connectivity index (χ3n) is 4.09. The van der Waals surface area contributed by atoms with Gasteiger partial charge < -0.3 is 14.9 Å². The van der Waals surface area contributed by atoms with E-state index in [1.165, 1.54) is 6.07 Å². The minimum absolute atomic E-state index is 0.155. The average molecular weight is 329 g/mol. The van der Waals surface area contributed by atoms with Crippen LogP contribution >= 0.6 is 0 Å². The Hall–Kier alpha value is -1.57. The summed E-state index contributed by atoms with van der Waals surface area (Å²) in [5, 5.41) is 18.0. The van der Waals surface area contributed by atoms with Crippen LogP contribution < -0.4 is 0 Å². The fourth-order valence-electron chi connectivity index (χ4n) is 2.71. The first-order valence-electron chi connectivity index (χ1n) is 7.64. The molecular formula is C16H21F2NO4. The van der Waals surface area contributed by atoms with Crippen LogP contribution in [0.2, 0.25) is 0 Å². The molecule has 0 amide bonds. The molecule has 0 radical (unpaired) electrons. The Morgan fingerprint density at radius 2 is 2.13 bits per heavy atom. The normalized spacial score (nSPS) is 20.4. The van der Waals surface area contributed by atoms with E-state index >= 15 is 0 Å². The second-order valence-electron chi connectivity index (χ2n) is 5.67. The zero-order valence-electron chi connectivity index (χ0n) is 12.8. The molecule has 2 atom stereocenters. The highest BCUT2D eigenvalue weighted by molar-refractivity contribution is 5.69. The van der Waals surface area contributed by atoms with Crippen LogP contribution in [0.3, 0.4) is 0 Å². The molecule has 2 N–H and O–H groups in total. The second kappa shape index (κ2) is 8.33. The molecule has 23 heavy (non-hydrogen) atoms. The van der Waals surface area contributed by atoms with Gasteiger partial charge in [0.15, 0.2) is 11.6 Å². The van der Waals surface area contributed by atoms with Crippen LogP contribution in [0.5, 0.6) is 0 Å². The van der Waals surface area contributed by atoms with E-state index in [1.807, 2.05) is 4.90 Å². The molecule has 2 unspecified atom stereocenters. The maximum Gasteiger partial charge on any atom is 0.306 e. The fourth-order valence-corrected chi connectivity index (χ4v) is 2.71. The van der Waals surface area contributed by atoms with Crippen LogP contribution in [0.4, 0.5) is 8.78 Å². The van der Waals surface area contributed by atoms with Crippen molar-refractivity contribution in [3.63, 3.8) is 0 Å². The lowest BCUT2D eigenvalue weighted by Gasteiger charge is -2.33. The van der Waals surface area contributed by atoms with Gasteiger partial charge in [-0.2, -0.15) is 0 Å². The number of rotatable bonds is 7. The maximum atomic E-state index is 13.3. The van der Waals surface area contributed by atoms with Crippen LogP contribution in [-0.4, -0.2) is 53.9 Å². The number of hydrogen-bond donors (Lipinski definition) is 2. The lowest BCUT2D eigenvalue weighted by Crippen LogP contribution is -2.39. The predicted octanol–water partition coefficient (Wildman–Crippen LogP) is 1.81. The van der Waals surface area contributed by atoms with Crippen molar-refractivity contribution in [3.8, 4) is 0 Å². The summed E-state index contributed by atoms with van der Waals surface area (Å²) in [6.45, 7) is 2.00. The van der Waals surface area contributed by atoms with E-state index in [0.717, 1.165) is 12.1 Å². The smallest absolute Gasteiger partial charge is 0.306 e. The minimum atomic E-state index is -0.913. The van der Waals surface area contributed by atoms with E-state index in [2.05, 4.69) is 0 Å². The summed E-state index contributed by atoms with van der Waals surface area (Å²) in [7, 11) is 0. The van der Waals surface area contributed by atoms with Crippen molar-refractivity contribution in [3.05, 3.63) is 35.4 Å². The zero-order valence-corrected chi connectivity index (χ0v) is 12.8. The summed E-state index contributed by atoms with van der Waals surface area (Å²) in [4.78, 5) is 13.1. The van der Waals surface area contributed by atoms with Crippen molar-refractivity contribution < 1.29 is 28.5 Å². The van der Waals surface area contributed by atoms with Crippen LogP contribution in [0.1, 0.15) is 24.5 Å². The topological polar surface area (TPSA) is 70.0 Å². The lowest BCUT2D eigenvalue weighted by atomic mass is 10.0. The van der Waals surface area contributed by atoms with Gasteiger partial charge in [0.2, 0.25) is 0 Å². The van der Waals surface area contributed by atoms with E-state index in [-0.39, 0.29) is 19.1 Å². The number of carboxylic acids is 1. The number of nitrogens with zero attached hydrogens (tertiary/aromatic N) is 1. The highest BCUT2D eigenvalue weighted by atomic mass is 19.2. The Bertz CT molecular complexity index is 541. The largest absolute Gasteiger partial charge is 0.481 e. The highest BCUT2D eigenvalue weighted by Crippen LogP contribution is 2.24. The van der Waals surface area contributed by atoms with Crippen molar-refractivity contribution in [1.82, 2.24) is 4.90 Å². The van der Waals surface area contributed by atoms with Crippen LogP contribution in [0.25, 0.3) is 0 Å². The first-order chi connectivity index (χ1) is 11.0. The van der Waals surface area contributed by atoms with Gasteiger partial charge in [0, 0.05) is 19.7 Å². The molecule has 1 aromatic rings. The first-order valence-corrected chi connectivity index (χ1v) is 7.64. The minimum Gasteiger partial charge on any atom is -0.481 e. The summed E-state index contributed by atoms with van der Waals surface area (Å²) in [5.74, 6) is -3.29. The van der Waals surface area contributed by atoms with Crippen molar-refractivity contribution >= 4 is 5.97 Å². The highest BCUT2D eigenvalue weighted by Gasteiger charge is 2.24. The number of benzene rings is 1. The molecule has 1 fully saturated rings. The molecule has 0 aliphatic carbocycles. The van der Waals surface area contributed by atoms with Crippen LogP contribution in [0, 0.1) is 17.6 Å². The maximum absolute atomic E-state index is 13.3. The number of halogens is 2. The zero-order chi connectivity index (χ0) is 16.8. The number of carboxylic acid groups (broad SMARTS) is 1. The second-order valence-corrected chi connectivity index (χ2v) is 5.67. The van der Waals surface area contributed by atoms with Crippen LogP contribution in [-0.2, 0) is 9.53 Å². The van der Waals surface area contributed by atoms with Gasteiger partial charge in [0.1, 0.15) is 0 Å². The van der Waals surface area contributed by atoms with Gasteiger partial charge in [-0.15, -0.1) is 0 Å². The Balaban J connectivity index is 1.92. The quantitative estimate of drug-likeness (QED) is 0.798. The van der Waals surface area contributed by atoms with Gasteiger partial charge in [-0.25, -0.2) is 8.78 Å². The first kappa shape index (κ1) is 17.8. The van der Waals surface area contributed by atoms with E-state index in [0.29, 0.717) is 38.2 Å². The number of morpholine rings is 1. The number of hydrogen-bond acceptors (Lipinski definition) is 4. The van der Waals surface area contributed by atoms with Gasteiger partial charge in [0.25, 0.3) is 0 Å². The molecule has 1 aliphatic heterocycles. The molecule has 0 bridgehead atoms. The third kappa shape index (κ3) is 4.95. The molecule has 0 spiro atoms. The Kier molecular flexibility index (Phi) is 6.44. The third-order valence-corrected chi connectivity index (χ3v) is 4.09. The summed E-state index contributed by atoms with van der Waals surface area (Å²) < 4.78 is 31.9. The van der Waals surface area contributed by atoms with Gasteiger partial charge >= 0.3 is 5.97 Å². The molecule has 1 heterocycles. The number of ether oxygens (including phenoxy) is 1. The molecule has 0 aromatic heterocycles. The molecule has 2 rings (SSSR count). The summed E-state index contributed by atoms with van der Waals surface area (Å²) in [6, 6.07) is 3.71. The van der Waals surface area contributed by atoms with Crippen molar-refractivity contribution in [2.45, 2.75) is 18.9 Å². The summed E-state index contributed by atoms with van der Waals surface area (Å²) in [6.07, 6.45) is 0.298. The van der Waals surface area contributed by atoms with Crippen molar-refractivity contribution in [2.24, 2.45) is 5.92 Å². The number of aliphatic hydroxyl groups excluding tert-OH is 1. The Morgan fingerprint density at radius 1 is 1.35 bits per heavy atom. The van der Waals surface area contributed by atoms with Gasteiger partial charge in [-0.3, -0.25) is 9.69 Å². The summed E-state index contributed by atoms with van der Waals surface area (Å²) >= 11 is 0. The average Bonchev–Trinajstić information content (AvgIpc) is 2.54. The number of aliphatic carboxylic acids is 1. The molecular weight excluding hydrogens is 308 g/mol. The Labute approximate surface area is 133 Å². The molecule has 1 saturated heterocycles. The van der Waals surface area contributed by atoms with E-state index in [4.69, 9.17) is 14.9 Å². The molecule has 5 nitrogen and oxygen atoms in total. The van der Waals surface area contributed by atoms with Crippen molar-refractivity contribution in [2.75, 3.05) is 32.8 Å². The number of aliphatic hydroxyl groups is 1. The molecule has 0 saturated carbocycles. The Morgan fingerprint density at radius 3 is 2.78 bits per heavy atom. The van der Waals surface area contributed by atoms with E-state index in [1.54, 1.807) is 0 Å². The predicted molar refractivity (Wildman–Crippen MR) is 78.9 cm³/mol. The fraction of sp³-hybridized carbons (Fsp3) is 0.562. The molecule has 128 valence electrons. The molecule has 1 aromatic carbocycles. The number of carbonyl (C=O) groups is 1. The monoisotopic (exact) mass is 329 g/mol.